The first-order valence-electron chi connectivity index (χ1n) is 6.08. The quantitative estimate of drug-likeness (QED) is 0.0917. The molecule has 0 aromatic carbocycles. The van der Waals surface area contributed by atoms with Gasteiger partial charge >= 0.3 is 130 Å². The van der Waals surface area contributed by atoms with E-state index in [-0.39, 0.29) is 16.6 Å². The van der Waals surface area contributed by atoms with Gasteiger partial charge in [-0.3, -0.25) is 0 Å². The Kier molecular flexibility index (Phi) is 3.85. The molecule has 2 radical (unpaired) electrons. The van der Waals surface area contributed by atoms with Crippen LogP contribution in [-0.2, 0) is 14.3 Å². The van der Waals surface area contributed by atoms with Crippen LogP contribution in [0.4, 0.5) is 0 Å². The van der Waals surface area contributed by atoms with E-state index in [1.54, 1.807) is 0 Å². The number of carbonyl (C=O) groups excluding carboxylic acids is 1. The summed E-state index contributed by atoms with van der Waals surface area (Å²) >= 11 is 0.734. The summed E-state index contributed by atoms with van der Waals surface area (Å²) in [5, 5.41) is 0. The minimum absolute atomic E-state index is 0.0236. The molecule has 2 saturated heterocycles. The number of alkyl halides is 2. The predicted molar refractivity (Wildman–Crippen MR) is 84.4 cm³/mol. The maximum atomic E-state index is 11.9. The van der Waals surface area contributed by atoms with E-state index in [4.69, 9.17) is 17.3 Å². The second-order valence-electron chi connectivity index (χ2n) is 4.82. The number of hydrogen-bond acceptors (Lipinski definition) is 5. The molecular weight excluding hydrogens is 461 g/mol. The Morgan fingerprint density at radius 1 is 1.44 bits per heavy atom. The van der Waals surface area contributed by atoms with E-state index in [1.165, 1.54) is 19.3 Å². The van der Waals surface area contributed by atoms with Gasteiger partial charge in [0.2, 0.25) is 0 Å². The monoisotopic (exact) mass is 476 g/mol. The first kappa shape index (κ1) is 13.8. The van der Waals surface area contributed by atoms with Crippen molar-refractivity contribution in [3.8, 4) is 0 Å². The molecule has 1 unspecified atom stereocenters. The first-order chi connectivity index (χ1) is 8.56. The van der Waals surface area contributed by atoms with Gasteiger partial charge in [0, 0.05) is 0 Å². The van der Waals surface area contributed by atoms with Crippen LogP contribution in [0.2, 0.25) is 0 Å². The van der Waals surface area contributed by atoms with Crippen LogP contribution in [0.1, 0.15) is 32.1 Å². The third kappa shape index (κ3) is 2.43. The summed E-state index contributed by atoms with van der Waals surface area (Å²) in [6.45, 7) is 0.0236. The molecule has 0 amide bonds. The van der Waals surface area contributed by atoms with Crippen LogP contribution in [-0.4, -0.2) is 33.7 Å². The number of hydrogen-bond donors (Lipinski definition) is 2. The molecule has 0 aromatic rings. The Hall–Kier alpha value is 0.875. The Morgan fingerprint density at radius 2 is 2.06 bits per heavy atom. The van der Waals surface area contributed by atoms with Gasteiger partial charge in [-0.15, -0.1) is 0 Å². The Labute approximate surface area is 129 Å². The fraction of sp³-hybridized carbons (Fsp3) is 0.900. The van der Waals surface area contributed by atoms with Gasteiger partial charge in [-0.1, -0.05) is 0 Å². The van der Waals surface area contributed by atoms with Crippen LogP contribution in [0.25, 0.3) is 0 Å². The fourth-order valence-electron chi connectivity index (χ4n) is 2.16. The number of nitrogens with one attached hydrogen (secondary N) is 2. The molecule has 2 heterocycles. The van der Waals surface area contributed by atoms with E-state index in [2.05, 4.69) is 7.06 Å². The van der Waals surface area contributed by atoms with Crippen LogP contribution in [0.15, 0.2) is 0 Å². The second kappa shape index (κ2) is 5.01. The molecule has 3 aliphatic rings. The number of ether oxygens (including phenoxy) is 2. The van der Waals surface area contributed by atoms with Crippen molar-refractivity contribution in [2.24, 2.45) is 0 Å². The summed E-state index contributed by atoms with van der Waals surface area (Å²) in [7, 11) is 6.03. The van der Waals surface area contributed by atoms with Crippen molar-refractivity contribution < 1.29 is 14.3 Å². The molecule has 18 heavy (non-hydrogen) atoms. The van der Waals surface area contributed by atoms with Gasteiger partial charge in [-0.2, -0.15) is 0 Å². The number of esters is 1. The van der Waals surface area contributed by atoms with Crippen LogP contribution >= 0.6 is 43.0 Å². The van der Waals surface area contributed by atoms with E-state index in [9.17, 15) is 4.79 Å². The maximum absolute atomic E-state index is 11.9. The second-order valence-corrected chi connectivity index (χ2v) is 10.8. The van der Waals surface area contributed by atoms with Crippen LogP contribution in [0.3, 0.4) is 0 Å². The SMILES string of the molecule is [B]C(I)(C(=O)OCOC1CCCCC1)C12NI1N2. The van der Waals surface area contributed by atoms with Crippen molar-refractivity contribution in [3.63, 3.8) is 0 Å². The zero-order valence-corrected chi connectivity index (χ0v) is 14.2. The molecule has 2 N–H and O–H groups in total. The molecular formula is C10H15BI2N2O3. The molecule has 100 valence electrons. The first-order valence-corrected chi connectivity index (χ1v) is 10.4. The zero-order valence-electron chi connectivity index (χ0n) is 9.88. The van der Waals surface area contributed by atoms with Gasteiger partial charge in [-0.25, -0.2) is 0 Å². The molecule has 1 aliphatic carbocycles. The minimum atomic E-state index is -1.23. The third-order valence-corrected chi connectivity index (χ3v) is 10.4. The molecule has 8 heteroatoms. The molecule has 0 spiro atoms. The van der Waals surface area contributed by atoms with Crippen LogP contribution < -0.4 is 7.06 Å². The average molecular weight is 476 g/mol. The van der Waals surface area contributed by atoms with Gasteiger partial charge in [0.15, 0.2) is 0 Å². The van der Waals surface area contributed by atoms with E-state index >= 15 is 0 Å². The van der Waals surface area contributed by atoms with Crippen molar-refractivity contribution >= 4 is 56.8 Å². The van der Waals surface area contributed by atoms with Crippen LogP contribution in [0.5, 0.6) is 0 Å². The average Bonchev–Trinajstić information content (AvgIpc) is 3.18. The van der Waals surface area contributed by atoms with Gasteiger partial charge in [0.25, 0.3) is 0 Å². The summed E-state index contributed by atoms with van der Waals surface area (Å²) in [4.78, 5) is 11.9. The number of carbonyl (C=O) groups is 1. The van der Waals surface area contributed by atoms with Crippen molar-refractivity contribution in [1.82, 2.24) is 7.06 Å². The van der Waals surface area contributed by atoms with Crippen molar-refractivity contribution in [1.29, 1.82) is 0 Å². The Morgan fingerprint density at radius 3 is 2.61 bits per heavy atom. The van der Waals surface area contributed by atoms with Crippen LogP contribution in [0, 0.1) is 0 Å². The summed E-state index contributed by atoms with van der Waals surface area (Å²) in [6.07, 6.45) is 6.07. The Balaban J connectivity index is 1.41. The Bertz CT molecular complexity index is 357. The predicted octanol–water partition coefficient (Wildman–Crippen LogP) is 1.33. The number of halogens is 2. The van der Waals surface area contributed by atoms with E-state index < -0.39 is 29.7 Å². The van der Waals surface area contributed by atoms with E-state index in [0.717, 1.165) is 12.8 Å². The van der Waals surface area contributed by atoms with Crippen molar-refractivity contribution in [3.05, 3.63) is 0 Å². The summed E-state index contributed by atoms with van der Waals surface area (Å²) in [6, 6.07) is 0. The number of fused-ring (bicyclic) bond motifs is 1. The van der Waals surface area contributed by atoms with Crippen molar-refractivity contribution in [2.45, 2.75) is 45.2 Å². The summed E-state index contributed by atoms with van der Waals surface area (Å²) in [5.41, 5.74) is 0. The number of rotatable bonds is 5. The molecule has 3 fully saturated rings. The molecule has 1 atom stereocenters. The fourth-order valence-corrected chi connectivity index (χ4v) is 9.49. The molecule has 0 aromatic heterocycles. The topological polar surface area (TPSA) is 79.4 Å². The molecule has 2 aliphatic heterocycles. The van der Waals surface area contributed by atoms with Gasteiger partial charge in [0.1, 0.15) is 0 Å². The van der Waals surface area contributed by atoms with Gasteiger partial charge < -0.3 is 0 Å². The molecule has 5 nitrogen and oxygen atoms in total. The molecule has 1 saturated carbocycles. The van der Waals surface area contributed by atoms with Gasteiger partial charge in [-0.05, 0) is 0 Å². The third-order valence-electron chi connectivity index (χ3n) is 3.51. The zero-order chi connectivity index (χ0) is 12.8. The van der Waals surface area contributed by atoms with Crippen molar-refractivity contribution in [2.75, 3.05) is 6.79 Å². The standard InChI is InChI=1S/C10H15BI2N2O3/c11-9(12,10-13(14-10)15-10)8(16)18-6-17-7-4-2-1-3-5-7/h7,14-15H,1-6H2. The molecule has 0 bridgehead atoms. The van der Waals surface area contributed by atoms with Gasteiger partial charge in [0.05, 0.1) is 0 Å². The summed E-state index contributed by atoms with van der Waals surface area (Å²) < 4.78 is 15.9. The molecule has 3 rings (SSSR count). The van der Waals surface area contributed by atoms with E-state index in [1.807, 2.05) is 22.6 Å². The normalized spacial score (nSPS) is 30.2. The summed E-state index contributed by atoms with van der Waals surface area (Å²) in [5.74, 6) is -0.392. The van der Waals surface area contributed by atoms with E-state index in [0.29, 0.717) is 0 Å².